The zero-order valence-electron chi connectivity index (χ0n) is 10.2. The van der Waals surface area contributed by atoms with Gasteiger partial charge in [-0.25, -0.2) is 9.18 Å². The lowest BCUT2D eigenvalue weighted by atomic mass is 10.2. The van der Waals surface area contributed by atoms with Crippen molar-refractivity contribution in [3.63, 3.8) is 0 Å². The number of urea groups is 1. The SMILES string of the molecule is N#Cc1cc(NC(=O)Nc2cccc(Cl)c2)ccc1F. The number of anilines is 2. The summed E-state index contributed by atoms with van der Waals surface area (Å²) in [5, 5.41) is 14.3. The maximum atomic E-state index is 13.1. The van der Waals surface area contributed by atoms with Crippen LogP contribution in [0.25, 0.3) is 0 Å². The average molecular weight is 290 g/mol. The molecule has 0 aliphatic heterocycles. The van der Waals surface area contributed by atoms with Crippen molar-refractivity contribution < 1.29 is 9.18 Å². The molecule has 0 heterocycles. The second-order valence-electron chi connectivity index (χ2n) is 3.90. The molecule has 0 spiro atoms. The predicted molar refractivity (Wildman–Crippen MR) is 75.2 cm³/mol. The topological polar surface area (TPSA) is 64.9 Å². The Labute approximate surface area is 119 Å². The fourth-order valence-electron chi connectivity index (χ4n) is 1.55. The summed E-state index contributed by atoms with van der Waals surface area (Å²) in [5.41, 5.74) is 0.714. The number of nitrogens with zero attached hydrogens (tertiary/aromatic N) is 1. The molecule has 100 valence electrons. The van der Waals surface area contributed by atoms with E-state index in [0.717, 1.165) is 6.07 Å². The van der Waals surface area contributed by atoms with E-state index < -0.39 is 11.8 Å². The number of nitrogens with one attached hydrogen (secondary N) is 2. The van der Waals surface area contributed by atoms with Crippen molar-refractivity contribution in [2.24, 2.45) is 0 Å². The lowest BCUT2D eigenvalue weighted by molar-refractivity contribution is 0.262. The highest BCUT2D eigenvalue weighted by Gasteiger charge is 2.06. The van der Waals surface area contributed by atoms with E-state index in [9.17, 15) is 9.18 Å². The molecule has 0 atom stereocenters. The third kappa shape index (κ3) is 3.46. The number of hydrogen-bond donors (Lipinski definition) is 2. The van der Waals surface area contributed by atoms with Crippen LogP contribution >= 0.6 is 11.6 Å². The lowest BCUT2D eigenvalue weighted by Crippen LogP contribution is -2.19. The highest BCUT2D eigenvalue weighted by molar-refractivity contribution is 6.30. The van der Waals surface area contributed by atoms with E-state index in [1.54, 1.807) is 30.3 Å². The molecule has 0 radical (unpaired) electrons. The Balaban J connectivity index is 2.07. The monoisotopic (exact) mass is 289 g/mol. The first-order valence-electron chi connectivity index (χ1n) is 5.62. The molecule has 0 aliphatic rings. The van der Waals surface area contributed by atoms with E-state index in [1.165, 1.54) is 12.1 Å². The van der Waals surface area contributed by atoms with Crippen LogP contribution in [0.2, 0.25) is 5.02 Å². The van der Waals surface area contributed by atoms with Gasteiger partial charge in [0.15, 0.2) is 0 Å². The quantitative estimate of drug-likeness (QED) is 0.878. The van der Waals surface area contributed by atoms with Gasteiger partial charge in [0.2, 0.25) is 0 Å². The normalized spacial score (nSPS) is 9.65. The minimum Gasteiger partial charge on any atom is -0.308 e. The van der Waals surface area contributed by atoms with Crippen molar-refractivity contribution in [3.8, 4) is 6.07 Å². The molecule has 0 aliphatic carbocycles. The highest BCUT2D eigenvalue weighted by Crippen LogP contribution is 2.17. The first-order valence-corrected chi connectivity index (χ1v) is 5.99. The Morgan fingerprint density at radius 2 is 1.85 bits per heavy atom. The molecule has 0 unspecified atom stereocenters. The molecule has 20 heavy (non-hydrogen) atoms. The molecule has 0 saturated heterocycles. The van der Waals surface area contributed by atoms with E-state index in [-0.39, 0.29) is 5.56 Å². The number of amides is 2. The summed E-state index contributed by atoms with van der Waals surface area (Å²) in [6.07, 6.45) is 0. The fraction of sp³-hybridized carbons (Fsp3) is 0. The van der Waals surface area contributed by atoms with E-state index in [0.29, 0.717) is 16.4 Å². The summed E-state index contributed by atoms with van der Waals surface area (Å²) in [5.74, 6) is -0.631. The molecule has 2 N–H and O–H groups in total. The lowest BCUT2D eigenvalue weighted by Gasteiger charge is -2.08. The van der Waals surface area contributed by atoms with Crippen LogP contribution in [0, 0.1) is 17.1 Å². The molecule has 6 heteroatoms. The summed E-state index contributed by atoms with van der Waals surface area (Å²) in [6.45, 7) is 0. The summed E-state index contributed by atoms with van der Waals surface area (Å²) in [6, 6.07) is 11.6. The van der Waals surface area contributed by atoms with Crippen LogP contribution < -0.4 is 10.6 Å². The fourth-order valence-corrected chi connectivity index (χ4v) is 1.74. The van der Waals surface area contributed by atoms with E-state index >= 15 is 0 Å². The van der Waals surface area contributed by atoms with Gasteiger partial charge in [-0.1, -0.05) is 17.7 Å². The molecule has 2 rings (SSSR count). The summed E-state index contributed by atoms with van der Waals surface area (Å²) < 4.78 is 13.1. The molecule has 2 aromatic carbocycles. The van der Waals surface area contributed by atoms with Crippen molar-refractivity contribution in [2.45, 2.75) is 0 Å². The first kappa shape index (κ1) is 13.8. The maximum Gasteiger partial charge on any atom is 0.323 e. The second kappa shape index (κ2) is 6.04. The van der Waals surface area contributed by atoms with Crippen molar-refractivity contribution in [3.05, 3.63) is 58.9 Å². The Bertz CT molecular complexity index is 697. The van der Waals surface area contributed by atoms with Gasteiger partial charge in [0.1, 0.15) is 11.9 Å². The highest BCUT2D eigenvalue weighted by atomic mass is 35.5. The summed E-state index contributed by atoms with van der Waals surface area (Å²) in [7, 11) is 0. The summed E-state index contributed by atoms with van der Waals surface area (Å²) in [4.78, 5) is 11.7. The maximum absolute atomic E-state index is 13.1. The molecule has 4 nitrogen and oxygen atoms in total. The van der Waals surface area contributed by atoms with Crippen molar-refractivity contribution >= 4 is 29.0 Å². The number of rotatable bonds is 2. The second-order valence-corrected chi connectivity index (χ2v) is 4.33. The van der Waals surface area contributed by atoms with Crippen LogP contribution in [0.1, 0.15) is 5.56 Å². The number of carbonyl (C=O) groups excluding carboxylic acids is 1. The van der Waals surface area contributed by atoms with E-state index in [1.807, 2.05) is 0 Å². The molecular formula is C14H9ClFN3O. The number of nitriles is 1. The van der Waals surface area contributed by atoms with Gasteiger partial charge in [-0.15, -0.1) is 0 Å². The molecule has 2 amide bonds. The van der Waals surface area contributed by atoms with Gasteiger partial charge in [-0.2, -0.15) is 5.26 Å². The van der Waals surface area contributed by atoms with Crippen LogP contribution in [0.3, 0.4) is 0 Å². The Hall–Kier alpha value is -2.58. The smallest absolute Gasteiger partial charge is 0.308 e. The van der Waals surface area contributed by atoms with Crippen molar-refractivity contribution in [1.82, 2.24) is 0 Å². The molecule has 0 saturated carbocycles. The molecule has 0 aromatic heterocycles. The number of halogens is 2. The average Bonchev–Trinajstić information content (AvgIpc) is 2.41. The van der Waals surface area contributed by atoms with Crippen LogP contribution in [0.15, 0.2) is 42.5 Å². The largest absolute Gasteiger partial charge is 0.323 e. The van der Waals surface area contributed by atoms with Crippen LogP contribution in [-0.4, -0.2) is 6.03 Å². The third-order valence-corrected chi connectivity index (χ3v) is 2.66. The molecule has 2 aromatic rings. The van der Waals surface area contributed by atoms with Gasteiger partial charge in [-0.05, 0) is 36.4 Å². The first-order chi connectivity index (χ1) is 9.58. The van der Waals surface area contributed by atoms with Crippen molar-refractivity contribution in [2.75, 3.05) is 10.6 Å². The van der Waals surface area contributed by atoms with Crippen LogP contribution in [0.4, 0.5) is 20.6 Å². The minimum atomic E-state index is -0.631. The Morgan fingerprint density at radius 3 is 2.50 bits per heavy atom. The van der Waals surface area contributed by atoms with Crippen molar-refractivity contribution in [1.29, 1.82) is 5.26 Å². The molecule has 0 bridgehead atoms. The van der Waals surface area contributed by atoms with E-state index in [2.05, 4.69) is 10.6 Å². The van der Waals surface area contributed by atoms with Gasteiger partial charge in [0.25, 0.3) is 0 Å². The third-order valence-electron chi connectivity index (χ3n) is 2.43. The molecular weight excluding hydrogens is 281 g/mol. The van der Waals surface area contributed by atoms with E-state index in [4.69, 9.17) is 16.9 Å². The number of benzene rings is 2. The van der Waals surface area contributed by atoms with Gasteiger partial charge < -0.3 is 10.6 Å². The zero-order valence-corrected chi connectivity index (χ0v) is 10.9. The van der Waals surface area contributed by atoms with Gasteiger partial charge >= 0.3 is 6.03 Å². The molecule has 0 fully saturated rings. The van der Waals surface area contributed by atoms with Gasteiger partial charge in [-0.3, -0.25) is 0 Å². The zero-order chi connectivity index (χ0) is 14.5. The summed E-state index contributed by atoms with van der Waals surface area (Å²) >= 11 is 5.80. The van der Waals surface area contributed by atoms with Gasteiger partial charge in [0, 0.05) is 16.4 Å². The minimum absolute atomic E-state index is 0.134. The van der Waals surface area contributed by atoms with Crippen LogP contribution in [-0.2, 0) is 0 Å². The number of hydrogen-bond acceptors (Lipinski definition) is 2. The predicted octanol–water partition coefficient (Wildman–Crippen LogP) is 3.99. The van der Waals surface area contributed by atoms with Gasteiger partial charge in [0.05, 0.1) is 5.56 Å². The standard InChI is InChI=1S/C14H9ClFN3O/c15-10-2-1-3-11(7-10)18-14(20)19-12-4-5-13(16)9(6-12)8-17/h1-7H,(H2,18,19,20). The Kier molecular flexibility index (Phi) is 4.18. The number of carbonyl (C=O) groups is 1. The van der Waals surface area contributed by atoms with Crippen LogP contribution in [0.5, 0.6) is 0 Å². The Morgan fingerprint density at radius 1 is 1.15 bits per heavy atom.